The van der Waals surface area contributed by atoms with Crippen LogP contribution in [0.3, 0.4) is 0 Å². The number of hydrogen-bond donors (Lipinski definition) is 1. The predicted molar refractivity (Wildman–Crippen MR) is 195 cm³/mol. The van der Waals surface area contributed by atoms with Gasteiger partial charge in [0.25, 0.3) is 0 Å². The highest BCUT2D eigenvalue weighted by Crippen LogP contribution is 2.58. The zero-order chi connectivity index (χ0) is 35.0. The average molecular weight is 692 g/mol. The highest BCUT2D eigenvalue weighted by Gasteiger charge is 2.37. The summed E-state index contributed by atoms with van der Waals surface area (Å²) in [6.45, 7) is 9.56. The maximum absolute atomic E-state index is 15.7. The molecule has 0 radical (unpaired) electrons. The van der Waals surface area contributed by atoms with Crippen molar-refractivity contribution in [1.29, 1.82) is 0 Å². The largest absolute Gasteiger partial charge is 0.465 e. The van der Waals surface area contributed by atoms with Gasteiger partial charge in [-0.2, -0.15) is 5.10 Å². The number of pyridine rings is 1. The van der Waals surface area contributed by atoms with Crippen molar-refractivity contribution in [3.8, 4) is 11.3 Å². The topological polar surface area (TPSA) is 111 Å². The first-order chi connectivity index (χ1) is 24.1. The van der Waals surface area contributed by atoms with Crippen LogP contribution in [0.15, 0.2) is 91.4 Å². The first kappa shape index (κ1) is 33.7. The molecule has 4 heterocycles. The van der Waals surface area contributed by atoms with Crippen LogP contribution in [0.1, 0.15) is 71.9 Å². The summed E-state index contributed by atoms with van der Waals surface area (Å²) >= 11 is 0. The summed E-state index contributed by atoms with van der Waals surface area (Å²) in [4.78, 5) is 17.6. The molecule has 50 heavy (non-hydrogen) atoms. The highest BCUT2D eigenvalue weighted by atomic mass is 31.2. The van der Waals surface area contributed by atoms with Crippen LogP contribution in [-0.2, 0) is 26.8 Å². The number of fused-ring (bicyclic) bond motifs is 2. The van der Waals surface area contributed by atoms with Crippen LogP contribution in [-0.4, -0.2) is 48.1 Å². The Hall–Kier alpha value is -4.76. The molecular formula is C39H42N5O5P. The molecule has 0 bridgehead atoms. The number of rotatable bonds is 10. The molecule has 1 N–H and O–H groups in total. The molecule has 10 nitrogen and oxygen atoms in total. The van der Waals surface area contributed by atoms with E-state index in [4.69, 9.17) is 9.05 Å². The van der Waals surface area contributed by atoms with Gasteiger partial charge in [-0.3, -0.25) is 9.05 Å². The number of amides is 1. The Morgan fingerprint density at radius 3 is 2.12 bits per heavy atom. The van der Waals surface area contributed by atoms with Gasteiger partial charge in [-0.25, -0.2) is 23.2 Å². The minimum atomic E-state index is -4.12. The molecule has 1 saturated heterocycles. The van der Waals surface area contributed by atoms with E-state index < -0.39 is 13.8 Å². The van der Waals surface area contributed by atoms with Gasteiger partial charge in [0, 0.05) is 30.2 Å². The second kappa shape index (κ2) is 13.9. The van der Waals surface area contributed by atoms with E-state index in [1.165, 1.54) is 4.90 Å². The number of likely N-dealkylation sites (tertiary alicyclic amines) is 1. The molecule has 1 aliphatic rings. The lowest BCUT2D eigenvalue weighted by Gasteiger charge is -2.30. The fourth-order valence-electron chi connectivity index (χ4n) is 7.13. The lowest BCUT2D eigenvalue weighted by molar-refractivity contribution is 0.132. The van der Waals surface area contributed by atoms with Crippen LogP contribution >= 0.6 is 7.75 Å². The molecule has 0 saturated carbocycles. The van der Waals surface area contributed by atoms with E-state index in [1.807, 2.05) is 84.2 Å². The summed E-state index contributed by atoms with van der Waals surface area (Å²) in [7, 11) is -4.12. The van der Waals surface area contributed by atoms with Gasteiger partial charge in [0.15, 0.2) is 5.65 Å². The van der Waals surface area contributed by atoms with Gasteiger partial charge in [0.2, 0.25) is 0 Å². The highest BCUT2D eigenvalue weighted by molar-refractivity contribution is 7.52. The zero-order valence-electron chi connectivity index (χ0n) is 28.8. The molecule has 7 rings (SSSR count). The average Bonchev–Trinajstić information content (AvgIpc) is 3.75. The van der Waals surface area contributed by atoms with Crippen LogP contribution in [0.25, 0.3) is 27.8 Å². The third-order valence-electron chi connectivity index (χ3n) is 9.92. The number of benzene rings is 3. The molecule has 0 spiro atoms. The zero-order valence-corrected chi connectivity index (χ0v) is 29.7. The number of carboxylic acid groups (broad SMARTS) is 1. The number of hydrogen-bond acceptors (Lipinski definition) is 6. The van der Waals surface area contributed by atoms with E-state index in [1.54, 1.807) is 10.8 Å². The molecule has 3 aromatic carbocycles. The molecule has 0 atom stereocenters. The quantitative estimate of drug-likeness (QED) is 0.143. The van der Waals surface area contributed by atoms with Crippen molar-refractivity contribution in [3.05, 3.63) is 125 Å². The molecule has 1 aliphatic heterocycles. The summed E-state index contributed by atoms with van der Waals surface area (Å²) in [6, 6.07) is 25.7. The second-order valence-electron chi connectivity index (χ2n) is 13.4. The lowest BCUT2D eigenvalue weighted by Crippen LogP contribution is -2.36. The summed E-state index contributed by atoms with van der Waals surface area (Å²) in [5.74, 6) is 0.230. The third-order valence-corrected chi connectivity index (χ3v) is 11.7. The Morgan fingerprint density at radius 2 is 1.54 bits per heavy atom. The molecule has 0 aliphatic carbocycles. The van der Waals surface area contributed by atoms with Gasteiger partial charge in [0.05, 0.1) is 24.4 Å². The number of piperidine rings is 1. The van der Waals surface area contributed by atoms with E-state index in [9.17, 15) is 9.90 Å². The normalized spacial score (nSPS) is 14.3. The number of aromatic nitrogens is 4. The van der Waals surface area contributed by atoms with E-state index in [2.05, 4.69) is 43.0 Å². The van der Waals surface area contributed by atoms with Gasteiger partial charge in [-0.15, -0.1) is 0 Å². The van der Waals surface area contributed by atoms with Crippen molar-refractivity contribution in [2.24, 2.45) is 0 Å². The summed E-state index contributed by atoms with van der Waals surface area (Å²) in [5, 5.41) is 15.0. The fraction of sp³-hybridized carbons (Fsp3) is 0.308. The monoisotopic (exact) mass is 691 g/mol. The molecule has 258 valence electrons. The number of nitrogens with zero attached hydrogens (tertiary/aromatic N) is 5. The third kappa shape index (κ3) is 6.35. The first-order valence-electron chi connectivity index (χ1n) is 17.1. The Morgan fingerprint density at radius 1 is 0.920 bits per heavy atom. The minimum Gasteiger partial charge on any atom is -0.465 e. The summed E-state index contributed by atoms with van der Waals surface area (Å²) in [6.07, 6.45) is 4.11. The van der Waals surface area contributed by atoms with Crippen molar-refractivity contribution < 1.29 is 23.5 Å². The van der Waals surface area contributed by atoms with E-state index in [0.717, 1.165) is 74.0 Å². The van der Waals surface area contributed by atoms with Gasteiger partial charge < -0.3 is 10.0 Å². The fourth-order valence-corrected chi connectivity index (χ4v) is 8.95. The van der Waals surface area contributed by atoms with E-state index in [0.29, 0.717) is 13.1 Å². The molecule has 11 heteroatoms. The molecule has 6 aromatic rings. The summed E-state index contributed by atoms with van der Waals surface area (Å²) < 4.78 is 32.3. The first-order valence-corrected chi connectivity index (χ1v) is 18.6. The molecule has 1 amide bonds. The van der Waals surface area contributed by atoms with Crippen LogP contribution in [0, 0.1) is 13.8 Å². The van der Waals surface area contributed by atoms with Crippen LogP contribution in [0.4, 0.5) is 4.79 Å². The van der Waals surface area contributed by atoms with Crippen molar-refractivity contribution in [2.75, 3.05) is 13.1 Å². The smallest absolute Gasteiger partial charge is 0.440 e. The lowest BCUT2D eigenvalue weighted by atomic mass is 9.87. The Balaban J connectivity index is 1.46. The molecule has 0 unspecified atom stereocenters. The van der Waals surface area contributed by atoms with Gasteiger partial charge in [0.1, 0.15) is 6.33 Å². The molecule has 1 fully saturated rings. The van der Waals surface area contributed by atoms with Crippen molar-refractivity contribution in [3.63, 3.8) is 0 Å². The van der Waals surface area contributed by atoms with Crippen molar-refractivity contribution in [2.45, 2.75) is 65.6 Å². The van der Waals surface area contributed by atoms with Gasteiger partial charge >= 0.3 is 13.8 Å². The number of carbonyl (C=O) groups is 1. The Labute approximate surface area is 291 Å². The van der Waals surface area contributed by atoms with Gasteiger partial charge in [-0.1, -0.05) is 80.6 Å². The molecular weight excluding hydrogens is 649 g/mol. The van der Waals surface area contributed by atoms with E-state index >= 15 is 4.57 Å². The SMILES string of the molecule is Cc1c(-c2c(C(C)C)c3cc(C4CCN(C(=O)O)CC4)ccc3n2P(=O)(OCc2ccccc2)OCc2ccccc2)cn2ncnc2c1C. The van der Waals surface area contributed by atoms with E-state index in [-0.39, 0.29) is 25.0 Å². The number of aryl methyl sites for hydroxylation is 1. The maximum atomic E-state index is 15.7. The van der Waals surface area contributed by atoms with Crippen LogP contribution in [0.2, 0.25) is 0 Å². The van der Waals surface area contributed by atoms with Crippen LogP contribution in [0.5, 0.6) is 0 Å². The van der Waals surface area contributed by atoms with Crippen molar-refractivity contribution >= 4 is 30.4 Å². The minimum absolute atomic E-state index is 0.0284. The van der Waals surface area contributed by atoms with Crippen LogP contribution < -0.4 is 0 Å². The van der Waals surface area contributed by atoms with Crippen molar-refractivity contribution in [1.82, 2.24) is 23.8 Å². The van der Waals surface area contributed by atoms with Gasteiger partial charge in [-0.05, 0) is 84.0 Å². The standard InChI is InChI=1S/C39H42N5O5P/c1-26(2)36-33-21-32(31-17-19-42(20-18-31)39(45)46)15-16-35(33)44(37(36)34-22-43-38(40-25-41-43)28(4)27(34)3)50(47,48-23-29-11-7-5-8-12-29)49-24-30-13-9-6-10-14-30/h5-16,21-22,25-26,31H,17-20,23-24H2,1-4H3,(H,45,46). The maximum Gasteiger partial charge on any atom is 0.440 e. The Bertz CT molecular complexity index is 2160. The molecule has 3 aromatic heterocycles. The second-order valence-corrected chi connectivity index (χ2v) is 15.2. The summed E-state index contributed by atoms with van der Waals surface area (Å²) in [5.41, 5.74) is 9.02. The predicted octanol–water partition coefficient (Wildman–Crippen LogP) is 9.34. The Kier molecular flexibility index (Phi) is 9.35.